The summed E-state index contributed by atoms with van der Waals surface area (Å²) in [5, 5.41) is 0. The second kappa shape index (κ2) is 2.87. The van der Waals surface area contributed by atoms with Crippen LogP contribution in [0.25, 0.3) is 0 Å². The van der Waals surface area contributed by atoms with Crippen molar-refractivity contribution in [3.05, 3.63) is 18.2 Å². The van der Waals surface area contributed by atoms with Gasteiger partial charge in [-0.1, -0.05) is 28.5 Å². The van der Waals surface area contributed by atoms with Crippen molar-refractivity contribution in [1.82, 2.24) is 9.55 Å². The predicted octanol–water partition coefficient (Wildman–Crippen LogP) is 1.26. The lowest BCUT2D eigenvalue weighted by atomic mass is 10.5. The SMILES string of the molecule is C#Cc1cncn1CI. The molecule has 0 atom stereocenters. The van der Waals surface area contributed by atoms with Gasteiger partial charge in [-0.25, -0.2) is 4.98 Å². The van der Waals surface area contributed by atoms with Gasteiger partial charge in [0.2, 0.25) is 0 Å². The van der Waals surface area contributed by atoms with E-state index in [1.54, 1.807) is 12.5 Å². The Kier molecular flexibility index (Phi) is 2.11. The fourth-order valence-corrected chi connectivity index (χ4v) is 1.08. The minimum Gasteiger partial charge on any atom is -0.314 e. The average molecular weight is 232 g/mol. The molecule has 0 aliphatic heterocycles. The Labute approximate surface area is 67.4 Å². The summed E-state index contributed by atoms with van der Waals surface area (Å²) in [6, 6.07) is 0. The van der Waals surface area contributed by atoms with Gasteiger partial charge >= 0.3 is 0 Å². The van der Waals surface area contributed by atoms with Crippen LogP contribution < -0.4 is 0 Å². The Morgan fingerprint density at radius 1 is 1.89 bits per heavy atom. The molecule has 3 heteroatoms. The van der Waals surface area contributed by atoms with Crippen LogP contribution in [0, 0.1) is 12.3 Å². The number of alkyl halides is 1. The molecule has 0 amide bonds. The van der Waals surface area contributed by atoms with E-state index in [1.165, 1.54) is 0 Å². The number of rotatable bonds is 1. The Morgan fingerprint density at radius 3 is 3.11 bits per heavy atom. The van der Waals surface area contributed by atoms with Crippen molar-refractivity contribution in [2.45, 2.75) is 4.55 Å². The number of nitrogens with zero attached hydrogens (tertiary/aromatic N) is 2. The topological polar surface area (TPSA) is 17.8 Å². The molecule has 0 bridgehead atoms. The number of halogens is 1. The van der Waals surface area contributed by atoms with Gasteiger partial charge in [0.15, 0.2) is 0 Å². The van der Waals surface area contributed by atoms with Gasteiger partial charge in [0.05, 0.1) is 17.1 Å². The van der Waals surface area contributed by atoms with Crippen molar-refractivity contribution >= 4 is 22.6 Å². The highest BCUT2D eigenvalue weighted by Crippen LogP contribution is 1.99. The van der Waals surface area contributed by atoms with Crippen LogP contribution in [-0.2, 0) is 4.55 Å². The van der Waals surface area contributed by atoms with Gasteiger partial charge in [0.1, 0.15) is 5.69 Å². The quantitative estimate of drug-likeness (QED) is 0.405. The summed E-state index contributed by atoms with van der Waals surface area (Å²) in [6.45, 7) is 0. The summed E-state index contributed by atoms with van der Waals surface area (Å²) in [7, 11) is 0. The van der Waals surface area contributed by atoms with Crippen molar-refractivity contribution in [3.63, 3.8) is 0 Å². The lowest BCUT2D eigenvalue weighted by molar-refractivity contribution is 0.899. The number of aromatic nitrogens is 2. The summed E-state index contributed by atoms with van der Waals surface area (Å²) >= 11 is 2.23. The van der Waals surface area contributed by atoms with Gasteiger partial charge in [-0.2, -0.15) is 0 Å². The van der Waals surface area contributed by atoms with Crippen molar-refractivity contribution in [3.8, 4) is 12.3 Å². The maximum atomic E-state index is 5.16. The van der Waals surface area contributed by atoms with Crippen LogP contribution in [0.1, 0.15) is 5.69 Å². The zero-order valence-corrected chi connectivity index (χ0v) is 6.87. The van der Waals surface area contributed by atoms with E-state index in [4.69, 9.17) is 6.42 Å². The minimum absolute atomic E-state index is 0.837. The average Bonchev–Trinajstić information content (AvgIpc) is 2.33. The third kappa shape index (κ3) is 1.24. The van der Waals surface area contributed by atoms with E-state index in [0.717, 1.165) is 10.2 Å². The van der Waals surface area contributed by atoms with Crippen LogP contribution in [0.15, 0.2) is 12.5 Å². The molecule has 0 fully saturated rings. The van der Waals surface area contributed by atoms with E-state index < -0.39 is 0 Å². The lowest BCUT2D eigenvalue weighted by Gasteiger charge is -1.93. The molecular weight excluding hydrogens is 227 g/mol. The summed E-state index contributed by atoms with van der Waals surface area (Å²) in [6.07, 6.45) is 8.56. The molecule has 0 saturated carbocycles. The number of hydrogen-bond donors (Lipinski definition) is 0. The van der Waals surface area contributed by atoms with E-state index >= 15 is 0 Å². The molecule has 46 valence electrons. The highest BCUT2D eigenvalue weighted by Gasteiger charge is 1.92. The van der Waals surface area contributed by atoms with Gasteiger partial charge in [-0.05, 0) is 0 Å². The molecule has 2 nitrogen and oxygen atoms in total. The van der Waals surface area contributed by atoms with E-state index in [2.05, 4.69) is 33.5 Å². The maximum absolute atomic E-state index is 5.16. The third-order valence-corrected chi connectivity index (χ3v) is 1.72. The second-order valence-electron chi connectivity index (χ2n) is 1.51. The fraction of sp³-hybridized carbons (Fsp3) is 0.167. The zero-order chi connectivity index (χ0) is 6.69. The van der Waals surface area contributed by atoms with Crippen molar-refractivity contribution in [2.24, 2.45) is 0 Å². The summed E-state index contributed by atoms with van der Waals surface area (Å²) < 4.78 is 2.76. The molecule has 1 aromatic rings. The van der Waals surface area contributed by atoms with Gasteiger partial charge in [-0.3, -0.25) is 0 Å². The molecule has 1 rings (SSSR count). The first-order valence-corrected chi connectivity index (χ1v) is 3.93. The van der Waals surface area contributed by atoms with Gasteiger partial charge in [0, 0.05) is 0 Å². The Balaban J connectivity index is 3.02. The normalized spacial score (nSPS) is 8.89. The Morgan fingerprint density at radius 2 is 2.67 bits per heavy atom. The minimum atomic E-state index is 0.837. The first-order valence-electron chi connectivity index (χ1n) is 2.41. The van der Waals surface area contributed by atoms with E-state index in [9.17, 15) is 0 Å². The van der Waals surface area contributed by atoms with Gasteiger partial charge < -0.3 is 4.57 Å². The highest BCUT2D eigenvalue weighted by molar-refractivity contribution is 14.1. The number of hydrogen-bond acceptors (Lipinski definition) is 1. The van der Waals surface area contributed by atoms with E-state index in [-0.39, 0.29) is 0 Å². The predicted molar refractivity (Wildman–Crippen MR) is 44.2 cm³/mol. The van der Waals surface area contributed by atoms with Crippen LogP contribution in [0.3, 0.4) is 0 Å². The maximum Gasteiger partial charge on any atom is 0.112 e. The largest absolute Gasteiger partial charge is 0.314 e. The molecule has 0 aromatic carbocycles. The summed E-state index contributed by atoms with van der Waals surface area (Å²) in [5.41, 5.74) is 0.837. The molecule has 1 aromatic heterocycles. The van der Waals surface area contributed by atoms with Crippen molar-refractivity contribution in [2.75, 3.05) is 0 Å². The monoisotopic (exact) mass is 232 g/mol. The molecule has 9 heavy (non-hydrogen) atoms. The first kappa shape index (κ1) is 6.62. The van der Waals surface area contributed by atoms with Crippen molar-refractivity contribution < 1.29 is 0 Å². The van der Waals surface area contributed by atoms with E-state index in [1.807, 2.05) is 4.57 Å². The Bertz CT molecular complexity index is 233. The van der Waals surface area contributed by atoms with Crippen LogP contribution in [0.5, 0.6) is 0 Å². The molecule has 0 unspecified atom stereocenters. The highest BCUT2D eigenvalue weighted by atomic mass is 127. The molecule has 0 saturated heterocycles. The van der Waals surface area contributed by atoms with Gasteiger partial charge in [0.25, 0.3) is 0 Å². The summed E-state index contributed by atoms with van der Waals surface area (Å²) in [5.74, 6) is 2.52. The number of imidazole rings is 1. The molecule has 0 N–H and O–H groups in total. The molecule has 0 aliphatic carbocycles. The molecule has 0 radical (unpaired) electrons. The molecule has 1 heterocycles. The van der Waals surface area contributed by atoms with E-state index in [0.29, 0.717) is 0 Å². The smallest absolute Gasteiger partial charge is 0.112 e. The second-order valence-corrected chi connectivity index (χ2v) is 2.19. The summed E-state index contributed by atoms with van der Waals surface area (Å²) in [4.78, 5) is 3.88. The van der Waals surface area contributed by atoms with Crippen LogP contribution >= 0.6 is 22.6 Å². The van der Waals surface area contributed by atoms with Gasteiger partial charge in [-0.15, -0.1) is 6.42 Å². The standard InChI is InChI=1S/C6H5IN2/c1-2-6-3-8-5-9(6)4-7/h1,3,5H,4H2. The number of terminal acetylenes is 1. The lowest BCUT2D eigenvalue weighted by Crippen LogP contribution is -1.91. The van der Waals surface area contributed by atoms with Crippen molar-refractivity contribution in [1.29, 1.82) is 0 Å². The zero-order valence-electron chi connectivity index (χ0n) is 4.71. The molecular formula is C6H5IN2. The van der Waals surface area contributed by atoms with Crippen LogP contribution in [0.2, 0.25) is 0 Å². The van der Waals surface area contributed by atoms with Crippen LogP contribution in [0.4, 0.5) is 0 Å². The molecule has 0 spiro atoms. The fourth-order valence-electron chi connectivity index (χ4n) is 0.536. The Hall–Kier alpha value is -0.500. The first-order chi connectivity index (χ1) is 4.38. The third-order valence-electron chi connectivity index (χ3n) is 0.989. The van der Waals surface area contributed by atoms with Crippen LogP contribution in [-0.4, -0.2) is 9.55 Å². The molecule has 0 aliphatic rings.